The van der Waals surface area contributed by atoms with Crippen molar-refractivity contribution in [2.24, 2.45) is 5.92 Å². The predicted molar refractivity (Wildman–Crippen MR) is 135 cm³/mol. The van der Waals surface area contributed by atoms with Crippen molar-refractivity contribution >= 4 is 39.2 Å². The minimum absolute atomic E-state index is 0.00607. The maximum absolute atomic E-state index is 13.0. The molecule has 0 amide bonds. The number of fused-ring (bicyclic) bond motifs is 6. The average Bonchev–Trinajstić information content (AvgIpc) is 3.65. The number of hydrogen-bond acceptors (Lipinski definition) is 13. The fourth-order valence-corrected chi connectivity index (χ4v) is 9.08. The van der Waals surface area contributed by atoms with Gasteiger partial charge in [0, 0.05) is 11.9 Å². The maximum atomic E-state index is 13.0. The van der Waals surface area contributed by atoms with Crippen LogP contribution in [0.4, 0.5) is 0 Å². The van der Waals surface area contributed by atoms with Gasteiger partial charge in [-0.05, 0) is 12.8 Å². The molecule has 6 aliphatic rings. The van der Waals surface area contributed by atoms with Crippen molar-refractivity contribution < 1.29 is 70.9 Å². The van der Waals surface area contributed by atoms with Gasteiger partial charge in [-0.2, -0.15) is 0 Å². The van der Waals surface area contributed by atoms with Crippen LogP contribution in [0.2, 0.25) is 0 Å². The number of aliphatic hydroxyl groups is 2. The van der Waals surface area contributed by atoms with Crippen LogP contribution in [0.25, 0.3) is 0 Å². The monoisotopic (exact) mass is 596 g/mol. The van der Waals surface area contributed by atoms with Gasteiger partial charge >= 0.3 is 15.6 Å². The Morgan fingerprint density at radius 3 is 1.77 bits per heavy atom. The molecular formula is C19H33B3O15P2. The van der Waals surface area contributed by atoms with E-state index in [2.05, 4.69) is 0 Å². The van der Waals surface area contributed by atoms with Gasteiger partial charge in [-0.25, -0.2) is 9.13 Å². The van der Waals surface area contributed by atoms with E-state index in [1.54, 1.807) is 15.7 Å². The molecule has 11 unspecified atom stereocenters. The molecule has 1 saturated carbocycles. The molecule has 0 aromatic rings. The number of hydrogen-bond donors (Lipinski definition) is 4. The Morgan fingerprint density at radius 1 is 0.795 bits per heavy atom. The summed E-state index contributed by atoms with van der Waals surface area (Å²) in [6.45, 7) is -1.55. The van der Waals surface area contributed by atoms with E-state index in [0.29, 0.717) is 12.8 Å². The van der Waals surface area contributed by atoms with Gasteiger partial charge in [0.05, 0.1) is 51.1 Å². The summed E-state index contributed by atoms with van der Waals surface area (Å²) in [7, 11) is -4.29. The summed E-state index contributed by atoms with van der Waals surface area (Å²) in [5.74, 6) is -0.0641. The highest BCUT2D eigenvalue weighted by atomic mass is 31.2. The van der Waals surface area contributed by atoms with Crippen molar-refractivity contribution in [1.29, 1.82) is 0 Å². The number of aliphatic hydroxyl groups excluding tert-OH is 2. The number of rotatable bonds is 11. The van der Waals surface area contributed by atoms with Crippen LogP contribution >= 0.6 is 15.6 Å². The van der Waals surface area contributed by atoms with E-state index in [4.69, 9.17) is 41.8 Å². The first-order valence-electron chi connectivity index (χ1n) is 13.1. The Labute approximate surface area is 227 Å². The second kappa shape index (κ2) is 9.83. The predicted octanol–water partition coefficient (Wildman–Crippen LogP) is -4.26. The van der Waals surface area contributed by atoms with E-state index < -0.39 is 88.2 Å². The molecule has 15 nitrogen and oxygen atoms in total. The molecule has 6 rings (SSSR count). The Hall–Kier alpha value is 0.135. The molecule has 6 fully saturated rings. The van der Waals surface area contributed by atoms with Crippen molar-refractivity contribution in [2.45, 2.75) is 78.2 Å². The van der Waals surface area contributed by atoms with Crippen LogP contribution in [0.3, 0.4) is 0 Å². The van der Waals surface area contributed by atoms with Crippen LogP contribution in [0.15, 0.2) is 0 Å². The summed E-state index contributed by atoms with van der Waals surface area (Å²) in [5, 5.41) is 20.4. The zero-order chi connectivity index (χ0) is 28.0. The van der Waals surface area contributed by atoms with Crippen LogP contribution in [0.5, 0.6) is 0 Å². The van der Waals surface area contributed by atoms with Gasteiger partial charge in [-0.15, -0.1) is 0 Å². The number of phosphoric acid groups is 2. The van der Waals surface area contributed by atoms with Crippen molar-refractivity contribution in [3.05, 3.63) is 0 Å². The fraction of sp³-hybridized carbons (Fsp3) is 1.00. The third-order valence-electron chi connectivity index (χ3n) is 9.01. The van der Waals surface area contributed by atoms with Crippen molar-refractivity contribution in [3.63, 3.8) is 0 Å². The molecule has 218 valence electrons. The molecule has 4 N–H and O–H groups in total. The Balaban J connectivity index is 1.10. The van der Waals surface area contributed by atoms with Crippen LogP contribution in [0.1, 0.15) is 12.8 Å². The summed E-state index contributed by atoms with van der Waals surface area (Å²) < 4.78 is 76.2. The Morgan fingerprint density at radius 2 is 1.28 bits per heavy atom. The average molecular weight is 596 g/mol. The number of ether oxygens (including phenoxy) is 5. The van der Waals surface area contributed by atoms with Crippen LogP contribution in [0, 0.1) is 5.92 Å². The fourth-order valence-electron chi connectivity index (χ4n) is 7.00. The van der Waals surface area contributed by atoms with Crippen molar-refractivity contribution in [1.82, 2.24) is 0 Å². The lowest BCUT2D eigenvalue weighted by atomic mass is 9.86. The molecular weight excluding hydrogens is 563 g/mol. The Bertz CT molecular complexity index is 1080. The van der Waals surface area contributed by atoms with E-state index in [1.807, 2.05) is 7.85 Å². The SMILES string of the molecule is BC1O[C@@]2(COP(=O)(O)OC3C4OC[C@]3(COP(=O)(O)OC3C5OC[C@]3(CO)OC5B)OC4B)CCC1C2O. The highest BCUT2D eigenvalue weighted by Crippen LogP contribution is 2.57. The lowest BCUT2D eigenvalue weighted by molar-refractivity contribution is -0.141. The molecule has 20 heteroatoms. The van der Waals surface area contributed by atoms with Crippen molar-refractivity contribution in [3.8, 4) is 0 Å². The van der Waals surface area contributed by atoms with Gasteiger partial charge in [0.25, 0.3) is 0 Å². The largest absolute Gasteiger partial charge is 0.472 e. The smallest absolute Gasteiger partial charge is 0.393 e. The summed E-state index contributed by atoms with van der Waals surface area (Å²) in [6.07, 6.45) is -3.29. The normalized spacial score (nSPS) is 52.9. The van der Waals surface area contributed by atoms with Gasteiger partial charge in [0.2, 0.25) is 0 Å². The topological polar surface area (TPSA) is 198 Å². The minimum Gasteiger partial charge on any atom is -0.393 e. The zero-order valence-electron chi connectivity index (χ0n) is 21.8. The zero-order valence-corrected chi connectivity index (χ0v) is 23.6. The molecule has 14 atom stereocenters. The molecule has 5 saturated heterocycles. The second-order valence-corrected chi connectivity index (χ2v) is 14.4. The lowest BCUT2D eigenvalue weighted by Crippen LogP contribution is -2.47. The number of phosphoric ester groups is 2. The second-order valence-electron chi connectivity index (χ2n) is 11.6. The summed E-state index contributed by atoms with van der Waals surface area (Å²) in [5.41, 5.74) is -3.88. The van der Waals surface area contributed by atoms with Gasteiger partial charge < -0.3 is 43.7 Å². The minimum atomic E-state index is -4.76. The summed E-state index contributed by atoms with van der Waals surface area (Å²) in [6, 6.07) is -1.26. The third kappa shape index (κ3) is 4.77. The third-order valence-corrected chi connectivity index (χ3v) is 10.9. The summed E-state index contributed by atoms with van der Waals surface area (Å²) >= 11 is 0. The first-order chi connectivity index (χ1) is 18.2. The maximum Gasteiger partial charge on any atom is 0.472 e. The molecule has 0 radical (unpaired) electrons. The molecule has 0 spiro atoms. The van der Waals surface area contributed by atoms with Crippen molar-refractivity contribution in [2.75, 3.05) is 33.0 Å². The van der Waals surface area contributed by atoms with Crippen LogP contribution < -0.4 is 0 Å². The molecule has 6 bridgehead atoms. The van der Waals surface area contributed by atoms with Gasteiger partial charge in [-0.3, -0.25) is 18.1 Å². The molecule has 5 aliphatic heterocycles. The Kier molecular flexibility index (Phi) is 7.37. The van der Waals surface area contributed by atoms with Gasteiger partial charge in [-0.1, -0.05) is 0 Å². The molecule has 1 aliphatic carbocycles. The standard InChI is InChI=1S/C19H33B3O15P2/c20-14-8-1-2-17(33-14,11(8)24)6-31-38(25,26)37-13-10-16(22)35-19(13,5-30-10)7-32-39(27,28)36-12-9-15(21)34-18(12,3-23)4-29-9/h8-16,23-24H,1-7,20-22H2,(H,25,26)(H,27,28)/t8?,9?,10?,11?,12?,13?,14?,15?,16?,17-,18+,19-/m1/s1. The molecule has 0 aromatic carbocycles. The highest BCUT2D eigenvalue weighted by Gasteiger charge is 2.65. The van der Waals surface area contributed by atoms with E-state index in [-0.39, 0.29) is 31.7 Å². The van der Waals surface area contributed by atoms with Crippen LogP contribution in [-0.4, -0.2) is 142 Å². The van der Waals surface area contributed by atoms with E-state index >= 15 is 0 Å². The quantitative estimate of drug-likeness (QED) is 0.132. The van der Waals surface area contributed by atoms with E-state index in [9.17, 15) is 29.1 Å². The molecule has 0 aromatic heterocycles. The molecule has 39 heavy (non-hydrogen) atoms. The van der Waals surface area contributed by atoms with Crippen LogP contribution in [-0.2, 0) is 50.9 Å². The van der Waals surface area contributed by atoms with Gasteiger partial charge in [0.15, 0.2) is 0 Å². The first kappa shape index (κ1) is 29.2. The van der Waals surface area contributed by atoms with Gasteiger partial charge in [0.1, 0.15) is 64.8 Å². The van der Waals surface area contributed by atoms with E-state index in [1.165, 1.54) is 0 Å². The summed E-state index contributed by atoms with van der Waals surface area (Å²) in [4.78, 5) is 21.1. The first-order valence-corrected chi connectivity index (χ1v) is 16.1. The highest BCUT2D eigenvalue weighted by molar-refractivity contribution is 7.47. The molecule has 5 heterocycles. The van der Waals surface area contributed by atoms with E-state index in [0.717, 1.165) is 0 Å². The lowest BCUT2D eigenvalue weighted by Gasteiger charge is -2.33.